The number of pyridine rings is 1. The highest BCUT2D eigenvalue weighted by Crippen LogP contribution is 2.13. The Hall–Kier alpha value is -1.77. The summed E-state index contributed by atoms with van der Waals surface area (Å²) in [5, 5.41) is 21.9. The maximum absolute atomic E-state index is 8.99. The summed E-state index contributed by atoms with van der Waals surface area (Å²) in [6, 6.07) is 3.58. The van der Waals surface area contributed by atoms with Crippen molar-refractivity contribution in [2.24, 2.45) is 10.8 Å². The summed E-state index contributed by atoms with van der Waals surface area (Å²) in [4.78, 5) is 5.96. The average Bonchev–Trinajstić information content (AvgIpc) is 2.38. The molecule has 8 heteroatoms. The van der Waals surface area contributed by atoms with Crippen molar-refractivity contribution >= 4 is 29.2 Å². The third-order valence-electron chi connectivity index (χ3n) is 2.24. The summed E-state index contributed by atoms with van der Waals surface area (Å²) >= 11 is 4.62. The van der Waals surface area contributed by atoms with Gasteiger partial charge < -0.3 is 20.8 Å². The van der Waals surface area contributed by atoms with Crippen molar-refractivity contribution in [3.8, 4) is 0 Å². The molecular formula is C11H17N5O2S. The van der Waals surface area contributed by atoms with Crippen LogP contribution >= 0.6 is 12.2 Å². The minimum absolute atomic E-state index is 0.00868. The third kappa shape index (κ3) is 5.60. The zero-order valence-electron chi connectivity index (χ0n) is 10.4. The second-order valence-electron chi connectivity index (χ2n) is 3.61. The molecule has 0 spiro atoms. The number of anilines is 1. The van der Waals surface area contributed by atoms with E-state index < -0.39 is 0 Å². The van der Waals surface area contributed by atoms with Gasteiger partial charge in [-0.2, -0.15) is 5.10 Å². The smallest absolute Gasteiger partial charge is 0.184 e. The van der Waals surface area contributed by atoms with E-state index in [2.05, 4.69) is 27.7 Å². The minimum atomic E-state index is 0.00868. The molecule has 104 valence electrons. The van der Waals surface area contributed by atoms with Crippen LogP contribution in [0.3, 0.4) is 0 Å². The molecule has 1 rings (SSSR count). The number of thiocarbonyl (C=S) groups is 1. The Morgan fingerprint density at radius 2 is 2.16 bits per heavy atom. The molecule has 0 unspecified atom stereocenters. The van der Waals surface area contributed by atoms with Crippen LogP contribution in [0.25, 0.3) is 0 Å². The number of hydrogen-bond acceptors (Lipinski definition) is 6. The number of aliphatic hydroxyl groups is 2. The fourth-order valence-corrected chi connectivity index (χ4v) is 1.53. The van der Waals surface area contributed by atoms with E-state index in [-0.39, 0.29) is 18.3 Å². The van der Waals surface area contributed by atoms with Crippen LogP contribution < -0.4 is 16.1 Å². The largest absolute Gasteiger partial charge is 0.395 e. The first-order valence-electron chi connectivity index (χ1n) is 5.68. The molecule has 0 aliphatic carbocycles. The van der Waals surface area contributed by atoms with E-state index in [1.165, 1.54) is 6.21 Å². The first-order chi connectivity index (χ1) is 9.17. The van der Waals surface area contributed by atoms with Crippen molar-refractivity contribution in [1.29, 1.82) is 0 Å². The van der Waals surface area contributed by atoms with Crippen LogP contribution in [0.15, 0.2) is 23.4 Å². The fourth-order valence-electron chi connectivity index (χ4n) is 1.48. The summed E-state index contributed by atoms with van der Waals surface area (Å²) in [5.74, 6) is 0. The van der Waals surface area contributed by atoms with Gasteiger partial charge in [0, 0.05) is 25.0 Å². The van der Waals surface area contributed by atoms with E-state index >= 15 is 0 Å². The molecular weight excluding hydrogens is 266 g/mol. The fraction of sp³-hybridized carbons (Fsp3) is 0.364. The Kier molecular flexibility index (Phi) is 6.72. The topological polar surface area (TPSA) is 107 Å². The first kappa shape index (κ1) is 15.3. The maximum Gasteiger partial charge on any atom is 0.184 e. The summed E-state index contributed by atoms with van der Waals surface area (Å²) in [6.07, 6.45) is 3.11. The molecule has 1 aromatic heterocycles. The molecule has 0 bridgehead atoms. The van der Waals surface area contributed by atoms with Gasteiger partial charge in [-0.3, -0.25) is 10.4 Å². The van der Waals surface area contributed by atoms with Gasteiger partial charge in [-0.1, -0.05) is 0 Å². The second-order valence-corrected chi connectivity index (χ2v) is 4.05. The van der Waals surface area contributed by atoms with Gasteiger partial charge in [0.05, 0.1) is 25.1 Å². The van der Waals surface area contributed by atoms with Crippen LogP contribution in [0.5, 0.6) is 0 Å². The third-order valence-corrected chi connectivity index (χ3v) is 2.33. The molecule has 7 nitrogen and oxygen atoms in total. The zero-order valence-corrected chi connectivity index (χ0v) is 11.2. The monoisotopic (exact) mass is 283 g/mol. The molecule has 0 aliphatic rings. The van der Waals surface area contributed by atoms with Gasteiger partial charge in [-0.05, 0) is 24.4 Å². The highest BCUT2D eigenvalue weighted by atomic mass is 32.1. The number of nitrogens with one attached hydrogen (secondary N) is 1. The molecule has 0 aromatic carbocycles. The number of hydrogen-bond donors (Lipinski definition) is 4. The van der Waals surface area contributed by atoms with Crippen molar-refractivity contribution < 1.29 is 10.2 Å². The van der Waals surface area contributed by atoms with E-state index in [4.69, 9.17) is 15.9 Å². The molecule has 1 heterocycles. The van der Waals surface area contributed by atoms with Crippen LogP contribution in [0.1, 0.15) is 5.69 Å². The van der Waals surface area contributed by atoms with Crippen molar-refractivity contribution in [2.45, 2.75) is 0 Å². The number of hydrazone groups is 1. The number of nitrogens with zero attached hydrogens (tertiary/aromatic N) is 3. The summed E-state index contributed by atoms with van der Waals surface area (Å²) in [6.45, 7) is 0.891. The first-order valence-corrected chi connectivity index (χ1v) is 6.09. The van der Waals surface area contributed by atoms with E-state index in [0.29, 0.717) is 18.8 Å². The van der Waals surface area contributed by atoms with Crippen molar-refractivity contribution in [3.63, 3.8) is 0 Å². The Morgan fingerprint density at radius 3 is 2.74 bits per heavy atom. The molecule has 0 saturated carbocycles. The minimum Gasteiger partial charge on any atom is -0.395 e. The predicted octanol–water partition coefficient (Wildman–Crippen LogP) is -0.960. The van der Waals surface area contributed by atoms with Crippen LogP contribution in [0, 0.1) is 0 Å². The lowest BCUT2D eigenvalue weighted by atomic mass is 10.3. The van der Waals surface area contributed by atoms with Crippen molar-refractivity contribution in [2.75, 3.05) is 31.2 Å². The van der Waals surface area contributed by atoms with Crippen molar-refractivity contribution in [3.05, 3.63) is 24.0 Å². The Labute approximate surface area is 116 Å². The predicted molar refractivity (Wildman–Crippen MR) is 78.1 cm³/mol. The molecule has 0 radical (unpaired) electrons. The lowest BCUT2D eigenvalue weighted by Crippen LogP contribution is -2.29. The molecule has 5 N–H and O–H groups in total. The lowest BCUT2D eigenvalue weighted by molar-refractivity contribution is 0.281. The average molecular weight is 283 g/mol. The molecule has 0 fully saturated rings. The second kappa shape index (κ2) is 8.35. The van der Waals surface area contributed by atoms with Gasteiger partial charge >= 0.3 is 0 Å². The van der Waals surface area contributed by atoms with Gasteiger partial charge in [0.1, 0.15) is 0 Å². The highest BCUT2D eigenvalue weighted by Gasteiger charge is 2.05. The van der Waals surface area contributed by atoms with Gasteiger partial charge in [-0.15, -0.1) is 0 Å². The van der Waals surface area contributed by atoms with Crippen LogP contribution in [-0.4, -0.2) is 52.8 Å². The van der Waals surface area contributed by atoms with Gasteiger partial charge in [-0.25, -0.2) is 0 Å². The SMILES string of the molecule is NC(=S)NN=Cc1cc(N(CCO)CCO)ccn1. The van der Waals surface area contributed by atoms with E-state index in [1.807, 2.05) is 4.90 Å². The van der Waals surface area contributed by atoms with E-state index in [0.717, 1.165) is 5.69 Å². The molecule has 1 aromatic rings. The number of aliphatic hydroxyl groups excluding tert-OH is 2. The molecule has 0 atom stereocenters. The van der Waals surface area contributed by atoms with Crippen LogP contribution in [0.2, 0.25) is 0 Å². The summed E-state index contributed by atoms with van der Waals surface area (Å²) < 4.78 is 0. The quantitative estimate of drug-likeness (QED) is 0.290. The van der Waals surface area contributed by atoms with Gasteiger partial charge in [0.2, 0.25) is 0 Å². The van der Waals surface area contributed by atoms with Gasteiger partial charge in [0.15, 0.2) is 5.11 Å². The zero-order chi connectivity index (χ0) is 14.1. The van der Waals surface area contributed by atoms with E-state index in [1.54, 1.807) is 18.3 Å². The molecule has 0 amide bonds. The number of aromatic nitrogens is 1. The molecule has 0 aliphatic heterocycles. The van der Waals surface area contributed by atoms with Gasteiger partial charge in [0.25, 0.3) is 0 Å². The number of rotatable bonds is 7. The van der Waals surface area contributed by atoms with E-state index in [9.17, 15) is 0 Å². The highest BCUT2D eigenvalue weighted by molar-refractivity contribution is 7.80. The Bertz CT molecular complexity index is 435. The van der Waals surface area contributed by atoms with Crippen LogP contribution in [0.4, 0.5) is 5.69 Å². The number of nitrogens with two attached hydrogens (primary N) is 1. The standard InChI is InChI=1S/C11H17N5O2S/c12-11(19)15-14-8-9-7-10(1-2-13-9)16(3-5-17)4-6-18/h1-2,7-8,17-18H,3-6H2,(H3,12,15,19). The molecule has 19 heavy (non-hydrogen) atoms. The Morgan fingerprint density at radius 1 is 1.47 bits per heavy atom. The van der Waals surface area contributed by atoms with Crippen molar-refractivity contribution in [1.82, 2.24) is 10.4 Å². The maximum atomic E-state index is 8.99. The molecule has 0 saturated heterocycles. The summed E-state index contributed by atoms with van der Waals surface area (Å²) in [7, 11) is 0. The summed E-state index contributed by atoms with van der Waals surface area (Å²) in [5.41, 5.74) is 9.13. The Balaban J connectivity index is 2.79. The normalized spacial score (nSPS) is 10.6. The lowest BCUT2D eigenvalue weighted by Gasteiger charge is -2.22. The van der Waals surface area contributed by atoms with Crippen LogP contribution in [-0.2, 0) is 0 Å².